The second-order valence-corrected chi connectivity index (χ2v) is 8.49. The molecule has 0 saturated carbocycles. The molecule has 0 bridgehead atoms. The molecule has 1 atom stereocenters. The van der Waals surface area contributed by atoms with Crippen molar-refractivity contribution < 1.29 is 18.7 Å². The van der Waals surface area contributed by atoms with Gasteiger partial charge in [0, 0.05) is 16.8 Å². The van der Waals surface area contributed by atoms with Gasteiger partial charge in [-0.25, -0.2) is 13.8 Å². The summed E-state index contributed by atoms with van der Waals surface area (Å²) in [5, 5.41) is 22.2. The molecule has 5 nitrogen and oxygen atoms in total. The molecule has 0 aliphatic carbocycles. The first-order valence-corrected chi connectivity index (χ1v) is 10.5. The molecule has 2 aromatic carbocycles. The van der Waals surface area contributed by atoms with E-state index in [1.807, 2.05) is 0 Å². The van der Waals surface area contributed by atoms with E-state index in [1.165, 1.54) is 24.3 Å². The molecular formula is C27H23F2N3O2. The minimum Gasteiger partial charge on any atom is -0.508 e. The summed E-state index contributed by atoms with van der Waals surface area (Å²) in [6.07, 6.45) is 0. The molecule has 0 aliphatic rings. The number of halogens is 2. The molecule has 0 radical (unpaired) electrons. The first kappa shape index (κ1) is 24.4. The van der Waals surface area contributed by atoms with Crippen molar-refractivity contribution in [2.24, 2.45) is 5.41 Å². The van der Waals surface area contributed by atoms with Crippen molar-refractivity contribution in [3.63, 3.8) is 0 Å². The highest BCUT2D eigenvalue weighted by Gasteiger charge is 2.23. The van der Waals surface area contributed by atoms with Crippen LogP contribution in [0, 0.1) is 54.1 Å². The third-order valence-corrected chi connectivity index (χ3v) is 5.09. The SMILES string of the molecule is Cc1cc(C#CC(C)(C)C#N)cc(C(=O)N[C@H](c2ccc(C)c(F)c2)c2cc(F)ccc2O)n1. The fourth-order valence-electron chi connectivity index (χ4n) is 3.20. The molecule has 1 amide bonds. The quantitative estimate of drug-likeness (QED) is 0.532. The summed E-state index contributed by atoms with van der Waals surface area (Å²) in [6, 6.07) is 11.9. The van der Waals surface area contributed by atoms with Crippen LogP contribution >= 0.6 is 0 Å². The fourth-order valence-corrected chi connectivity index (χ4v) is 3.20. The summed E-state index contributed by atoms with van der Waals surface area (Å²) in [5.41, 5.74) is 0.982. The second kappa shape index (κ2) is 9.72. The number of aromatic hydroxyl groups is 1. The average Bonchev–Trinajstić information content (AvgIpc) is 2.79. The number of aromatic nitrogens is 1. The standard InChI is InChI=1S/C27H23F2N3O2/c1-16-5-6-19(13-22(16)29)25(21-14-20(28)7-8-24(21)33)32-26(34)23-12-18(11-17(2)31-23)9-10-27(3,4)15-30/h5-8,11-14,25,33H,1-4H3,(H,32,34)/t25-/m1/s1. The number of nitriles is 1. The van der Waals surface area contributed by atoms with Gasteiger partial charge in [-0.05, 0) is 75.2 Å². The van der Waals surface area contributed by atoms with Crippen LogP contribution in [0.4, 0.5) is 8.78 Å². The highest BCUT2D eigenvalue weighted by molar-refractivity contribution is 5.93. The number of pyridine rings is 1. The lowest BCUT2D eigenvalue weighted by molar-refractivity contribution is 0.0937. The number of amides is 1. The smallest absolute Gasteiger partial charge is 0.270 e. The molecule has 34 heavy (non-hydrogen) atoms. The Kier molecular flexibility index (Phi) is 6.98. The normalized spacial score (nSPS) is 11.7. The number of carbonyl (C=O) groups excluding carboxylic acids is 1. The van der Waals surface area contributed by atoms with E-state index in [-0.39, 0.29) is 17.0 Å². The lowest BCUT2D eigenvalue weighted by atomic mass is 9.96. The summed E-state index contributed by atoms with van der Waals surface area (Å²) in [5.74, 6) is 3.74. The Balaban J connectivity index is 2.03. The maximum absolute atomic E-state index is 14.3. The summed E-state index contributed by atoms with van der Waals surface area (Å²) in [7, 11) is 0. The van der Waals surface area contributed by atoms with E-state index in [4.69, 9.17) is 5.26 Å². The lowest BCUT2D eigenvalue weighted by Crippen LogP contribution is -2.30. The van der Waals surface area contributed by atoms with E-state index in [1.54, 1.807) is 39.8 Å². The van der Waals surface area contributed by atoms with Gasteiger partial charge in [0.2, 0.25) is 0 Å². The van der Waals surface area contributed by atoms with Gasteiger partial charge >= 0.3 is 0 Å². The molecule has 0 spiro atoms. The molecule has 0 unspecified atom stereocenters. The zero-order chi connectivity index (χ0) is 25.0. The minimum atomic E-state index is -1.05. The molecule has 1 heterocycles. The summed E-state index contributed by atoms with van der Waals surface area (Å²) in [4.78, 5) is 17.4. The van der Waals surface area contributed by atoms with Crippen LogP contribution in [0.25, 0.3) is 0 Å². The molecule has 0 aliphatic heterocycles. The molecule has 172 valence electrons. The summed E-state index contributed by atoms with van der Waals surface area (Å²) >= 11 is 0. The summed E-state index contributed by atoms with van der Waals surface area (Å²) in [6.45, 7) is 6.65. The Morgan fingerprint density at radius 1 is 1.12 bits per heavy atom. The van der Waals surface area contributed by atoms with E-state index in [0.29, 0.717) is 22.4 Å². The van der Waals surface area contributed by atoms with Gasteiger partial charge in [-0.1, -0.05) is 24.0 Å². The largest absolute Gasteiger partial charge is 0.508 e. The molecule has 0 fully saturated rings. The third-order valence-electron chi connectivity index (χ3n) is 5.09. The number of phenols is 1. The van der Waals surface area contributed by atoms with Crippen LogP contribution in [0.3, 0.4) is 0 Å². The van der Waals surface area contributed by atoms with Crippen molar-refractivity contribution in [2.45, 2.75) is 33.7 Å². The van der Waals surface area contributed by atoms with Crippen molar-refractivity contribution in [1.29, 1.82) is 5.26 Å². The monoisotopic (exact) mass is 459 g/mol. The van der Waals surface area contributed by atoms with Gasteiger partial charge in [0.15, 0.2) is 0 Å². The van der Waals surface area contributed by atoms with Crippen LogP contribution in [-0.4, -0.2) is 16.0 Å². The predicted octanol–water partition coefficient (Wildman–Crippen LogP) is 5.10. The zero-order valence-corrected chi connectivity index (χ0v) is 19.2. The first-order chi connectivity index (χ1) is 16.0. The number of nitrogens with one attached hydrogen (secondary N) is 1. The van der Waals surface area contributed by atoms with Gasteiger partial charge in [0.1, 0.15) is 28.5 Å². The Morgan fingerprint density at radius 2 is 1.85 bits per heavy atom. The summed E-state index contributed by atoms with van der Waals surface area (Å²) < 4.78 is 28.3. The second-order valence-electron chi connectivity index (χ2n) is 8.49. The van der Waals surface area contributed by atoms with Crippen LogP contribution < -0.4 is 5.32 Å². The molecule has 2 N–H and O–H groups in total. The van der Waals surface area contributed by atoms with Crippen molar-refractivity contribution in [3.05, 3.63) is 93.8 Å². The van der Waals surface area contributed by atoms with Crippen molar-refractivity contribution >= 4 is 5.91 Å². The maximum atomic E-state index is 14.3. The highest BCUT2D eigenvalue weighted by atomic mass is 19.1. The Morgan fingerprint density at radius 3 is 2.53 bits per heavy atom. The molecule has 3 aromatic rings. The van der Waals surface area contributed by atoms with Crippen LogP contribution in [0.15, 0.2) is 48.5 Å². The van der Waals surface area contributed by atoms with Crippen molar-refractivity contribution in [1.82, 2.24) is 10.3 Å². The Labute approximate surface area is 197 Å². The number of hydrogen-bond acceptors (Lipinski definition) is 4. The van der Waals surface area contributed by atoms with Crippen molar-refractivity contribution in [3.8, 4) is 23.7 Å². The van der Waals surface area contributed by atoms with E-state index in [0.717, 1.165) is 12.1 Å². The first-order valence-electron chi connectivity index (χ1n) is 10.5. The van der Waals surface area contributed by atoms with Crippen LogP contribution in [0.2, 0.25) is 0 Å². The highest BCUT2D eigenvalue weighted by Crippen LogP contribution is 2.31. The number of phenolic OH excluding ortho intramolecular Hbond substituents is 1. The van der Waals surface area contributed by atoms with Crippen LogP contribution in [0.5, 0.6) is 5.75 Å². The van der Waals surface area contributed by atoms with Crippen LogP contribution in [0.1, 0.15) is 58.3 Å². The van der Waals surface area contributed by atoms with E-state index < -0.39 is 29.0 Å². The van der Waals surface area contributed by atoms with Crippen molar-refractivity contribution in [2.75, 3.05) is 0 Å². The lowest BCUT2D eigenvalue weighted by Gasteiger charge is -2.21. The predicted molar refractivity (Wildman–Crippen MR) is 124 cm³/mol. The minimum absolute atomic E-state index is 0.0348. The van der Waals surface area contributed by atoms with E-state index >= 15 is 0 Å². The van der Waals surface area contributed by atoms with Gasteiger partial charge in [0.05, 0.1) is 12.1 Å². The Bertz CT molecular complexity index is 1360. The average molecular weight is 459 g/mol. The van der Waals surface area contributed by atoms with Gasteiger partial charge in [-0.2, -0.15) is 5.26 Å². The number of benzene rings is 2. The van der Waals surface area contributed by atoms with E-state index in [9.17, 15) is 18.7 Å². The molecule has 1 aromatic heterocycles. The molecular weight excluding hydrogens is 436 g/mol. The van der Waals surface area contributed by atoms with Gasteiger partial charge in [-0.3, -0.25) is 4.79 Å². The molecule has 7 heteroatoms. The number of nitrogens with zero attached hydrogens (tertiary/aromatic N) is 2. The molecule has 3 rings (SSSR count). The molecule has 0 saturated heterocycles. The van der Waals surface area contributed by atoms with Gasteiger partial charge in [-0.15, -0.1) is 0 Å². The van der Waals surface area contributed by atoms with Gasteiger partial charge < -0.3 is 10.4 Å². The van der Waals surface area contributed by atoms with Gasteiger partial charge in [0.25, 0.3) is 5.91 Å². The number of rotatable bonds is 4. The fraction of sp³-hybridized carbons (Fsp3) is 0.222. The topological polar surface area (TPSA) is 86.0 Å². The van der Waals surface area contributed by atoms with Crippen LogP contribution in [-0.2, 0) is 0 Å². The number of aryl methyl sites for hydroxylation is 2. The Hall–Kier alpha value is -4.23. The number of hydrogen-bond donors (Lipinski definition) is 2. The third kappa shape index (κ3) is 5.76. The zero-order valence-electron chi connectivity index (χ0n) is 19.2. The maximum Gasteiger partial charge on any atom is 0.270 e. The number of carbonyl (C=O) groups is 1. The van der Waals surface area contributed by atoms with E-state index in [2.05, 4.69) is 28.2 Å².